The van der Waals surface area contributed by atoms with Crippen molar-refractivity contribution < 1.29 is 14.3 Å². The van der Waals surface area contributed by atoms with Crippen LogP contribution in [0.3, 0.4) is 0 Å². The van der Waals surface area contributed by atoms with E-state index in [4.69, 9.17) is 5.11 Å². The molecule has 2 amide bonds. The second-order valence-electron chi connectivity index (χ2n) is 5.23. The Kier molecular flexibility index (Phi) is 4.95. The number of carbonyl (C=O) groups excluding carboxylic acids is 1. The van der Waals surface area contributed by atoms with Crippen LogP contribution in [0.15, 0.2) is 24.3 Å². The normalized spacial score (nSPS) is 15.7. The fourth-order valence-electron chi connectivity index (χ4n) is 2.31. The van der Waals surface area contributed by atoms with Gasteiger partial charge in [-0.2, -0.15) is 0 Å². The highest BCUT2D eigenvalue weighted by atomic mass is 19.1. The van der Waals surface area contributed by atoms with Gasteiger partial charge < -0.3 is 15.7 Å². The molecule has 0 aromatic heterocycles. The Balaban J connectivity index is 1.81. The van der Waals surface area contributed by atoms with E-state index in [9.17, 15) is 9.18 Å². The van der Waals surface area contributed by atoms with E-state index in [1.165, 1.54) is 6.07 Å². The first-order chi connectivity index (χ1) is 9.68. The van der Waals surface area contributed by atoms with Crippen LogP contribution in [-0.2, 0) is 5.54 Å². The summed E-state index contributed by atoms with van der Waals surface area (Å²) >= 11 is 0. The molecule has 0 unspecified atom stereocenters. The average Bonchev–Trinajstić information content (AvgIpc) is 3.19. The van der Waals surface area contributed by atoms with Gasteiger partial charge in [0.2, 0.25) is 0 Å². The van der Waals surface area contributed by atoms with E-state index in [1.54, 1.807) is 18.2 Å². The molecule has 0 spiro atoms. The van der Waals surface area contributed by atoms with Crippen molar-refractivity contribution in [3.8, 4) is 0 Å². The smallest absolute Gasteiger partial charge is 0.315 e. The van der Waals surface area contributed by atoms with Crippen LogP contribution in [0.25, 0.3) is 0 Å². The maximum absolute atomic E-state index is 13.8. The molecule has 110 valence electrons. The van der Waals surface area contributed by atoms with Crippen molar-refractivity contribution in [3.63, 3.8) is 0 Å². The summed E-state index contributed by atoms with van der Waals surface area (Å²) in [6, 6.07) is 6.33. The van der Waals surface area contributed by atoms with Gasteiger partial charge in [-0.1, -0.05) is 18.2 Å². The Morgan fingerprint density at radius 1 is 1.25 bits per heavy atom. The molecular weight excluding hydrogens is 259 g/mol. The van der Waals surface area contributed by atoms with Gasteiger partial charge in [-0.3, -0.25) is 0 Å². The molecule has 1 aliphatic rings. The Morgan fingerprint density at radius 3 is 2.65 bits per heavy atom. The zero-order valence-electron chi connectivity index (χ0n) is 11.5. The summed E-state index contributed by atoms with van der Waals surface area (Å²) in [5, 5.41) is 14.3. The molecule has 4 nitrogen and oxygen atoms in total. The summed E-state index contributed by atoms with van der Waals surface area (Å²) in [7, 11) is 0. The second kappa shape index (κ2) is 6.70. The standard InChI is InChI=1S/C15H21FN2O2/c16-13-7-3-2-6-12(13)15(8-9-15)18-14(20)17-10-4-1-5-11-19/h2-3,6-7,19H,1,4-5,8-11H2,(H2,17,18,20). The van der Waals surface area contributed by atoms with E-state index in [0.717, 1.165) is 32.1 Å². The summed E-state index contributed by atoms with van der Waals surface area (Å²) in [5.74, 6) is -0.270. The van der Waals surface area contributed by atoms with Gasteiger partial charge in [0, 0.05) is 18.7 Å². The third-order valence-corrected chi connectivity index (χ3v) is 3.61. The van der Waals surface area contributed by atoms with Crippen LogP contribution in [0.5, 0.6) is 0 Å². The van der Waals surface area contributed by atoms with Crippen molar-refractivity contribution in [2.75, 3.05) is 13.2 Å². The molecular formula is C15H21FN2O2. The molecule has 2 rings (SSSR count). The zero-order valence-corrected chi connectivity index (χ0v) is 11.5. The molecule has 1 saturated carbocycles. The minimum absolute atomic E-state index is 0.183. The van der Waals surface area contributed by atoms with Gasteiger partial charge in [0.1, 0.15) is 5.82 Å². The number of benzene rings is 1. The van der Waals surface area contributed by atoms with Gasteiger partial charge in [-0.25, -0.2) is 9.18 Å². The molecule has 3 N–H and O–H groups in total. The molecule has 1 fully saturated rings. The quantitative estimate of drug-likeness (QED) is 0.671. The van der Waals surface area contributed by atoms with Gasteiger partial charge in [0.05, 0.1) is 5.54 Å². The number of halogens is 1. The number of amides is 2. The number of hydrogen-bond acceptors (Lipinski definition) is 2. The summed E-state index contributed by atoms with van der Waals surface area (Å²) in [6.07, 6.45) is 4.01. The van der Waals surface area contributed by atoms with Gasteiger partial charge in [-0.05, 0) is 38.2 Å². The van der Waals surface area contributed by atoms with Crippen molar-refractivity contribution in [1.82, 2.24) is 10.6 Å². The summed E-state index contributed by atoms with van der Waals surface area (Å²) in [6.45, 7) is 0.752. The number of unbranched alkanes of at least 4 members (excludes halogenated alkanes) is 2. The van der Waals surface area contributed by atoms with Crippen LogP contribution >= 0.6 is 0 Å². The number of nitrogens with one attached hydrogen (secondary N) is 2. The zero-order chi connectivity index (χ0) is 14.4. The number of rotatable bonds is 7. The van der Waals surface area contributed by atoms with Crippen molar-refractivity contribution in [3.05, 3.63) is 35.6 Å². The maximum Gasteiger partial charge on any atom is 0.315 e. The summed E-state index contributed by atoms with van der Waals surface area (Å²) in [5.41, 5.74) is 0.0380. The molecule has 0 aliphatic heterocycles. The molecule has 1 aromatic carbocycles. The molecule has 1 aliphatic carbocycles. The van der Waals surface area contributed by atoms with Crippen LogP contribution in [0.2, 0.25) is 0 Å². The van der Waals surface area contributed by atoms with Crippen molar-refractivity contribution in [2.45, 2.75) is 37.6 Å². The minimum atomic E-state index is -0.527. The molecule has 1 aromatic rings. The highest BCUT2D eigenvalue weighted by molar-refractivity contribution is 5.75. The van der Waals surface area contributed by atoms with Crippen LogP contribution in [0.1, 0.15) is 37.7 Å². The topological polar surface area (TPSA) is 61.4 Å². The summed E-state index contributed by atoms with van der Waals surface area (Å²) in [4.78, 5) is 11.8. The first-order valence-corrected chi connectivity index (χ1v) is 7.10. The molecule has 0 heterocycles. The number of urea groups is 1. The Morgan fingerprint density at radius 2 is 2.00 bits per heavy atom. The average molecular weight is 280 g/mol. The van der Waals surface area contributed by atoms with E-state index in [-0.39, 0.29) is 18.5 Å². The second-order valence-corrected chi connectivity index (χ2v) is 5.23. The van der Waals surface area contributed by atoms with Gasteiger partial charge in [-0.15, -0.1) is 0 Å². The number of aliphatic hydroxyl groups excluding tert-OH is 1. The van der Waals surface area contributed by atoms with Crippen LogP contribution < -0.4 is 10.6 Å². The highest BCUT2D eigenvalue weighted by Crippen LogP contribution is 2.46. The Hall–Kier alpha value is -1.62. The predicted molar refractivity (Wildman–Crippen MR) is 74.8 cm³/mol. The minimum Gasteiger partial charge on any atom is -0.396 e. The van der Waals surface area contributed by atoms with E-state index in [1.807, 2.05) is 0 Å². The lowest BCUT2D eigenvalue weighted by Crippen LogP contribution is -2.42. The largest absolute Gasteiger partial charge is 0.396 e. The molecule has 5 heteroatoms. The van der Waals surface area contributed by atoms with Gasteiger partial charge in [0.15, 0.2) is 0 Å². The van der Waals surface area contributed by atoms with E-state index >= 15 is 0 Å². The predicted octanol–water partition coefficient (Wildman–Crippen LogP) is 2.28. The summed E-state index contributed by atoms with van der Waals surface area (Å²) < 4.78 is 13.8. The third kappa shape index (κ3) is 3.70. The molecule has 20 heavy (non-hydrogen) atoms. The first kappa shape index (κ1) is 14.8. The molecule has 0 atom stereocenters. The lowest BCUT2D eigenvalue weighted by atomic mass is 10.0. The number of aliphatic hydroxyl groups is 1. The van der Waals surface area contributed by atoms with Gasteiger partial charge >= 0.3 is 6.03 Å². The molecule has 0 saturated heterocycles. The fourth-order valence-corrected chi connectivity index (χ4v) is 2.31. The van der Waals surface area contributed by atoms with Crippen LogP contribution in [0, 0.1) is 5.82 Å². The SMILES string of the molecule is O=C(NCCCCCO)NC1(c2ccccc2F)CC1. The maximum atomic E-state index is 13.8. The fraction of sp³-hybridized carbons (Fsp3) is 0.533. The first-order valence-electron chi connectivity index (χ1n) is 7.10. The molecule has 0 radical (unpaired) electrons. The Bertz CT molecular complexity index is 461. The van der Waals surface area contributed by atoms with Crippen molar-refractivity contribution in [2.24, 2.45) is 0 Å². The van der Waals surface area contributed by atoms with Crippen molar-refractivity contribution >= 4 is 6.03 Å². The van der Waals surface area contributed by atoms with Gasteiger partial charge in [0.25, 0.3) is 0 Å². The van der Waals surface area contributed by atoms with Crippen LogP contribution in [0.4, 0.5) is 9.18 Å². The lowest BCUT2D eigenvalue weighted by Gasteiger charge is -2.19. The number of hydrogen-bond donors (Lipinski definition) is 3. The van der Waals surface area contributed by atoms with E-state index < -0.39 is 5.54 Å². The van der Waals surface area contributed by atoms with Crippen LogP contribution in [-0.4, -0.2) is 24.3 Å². The third-order valence-electron chi connectivity index (χ3n) is 3.61. The molecule has 0 bridgehead atoms. The monoisotopic (exact) mass is 280 g/mol. The lowest BCUT2D eigenvalue weighted by molar-refractivity contribution is 0.235. The Labute approximate surface area is 118 Å². The van der Waals surface area contributed by atoms with Crippen molar-refractivity contribution in [1.29, 1.82) is 0 Å². The van der Waals surface area contributed by atoms with E-state index in [2.05, 4.69) is 10.6 Å². The van der Waals surface area contributed by atoms with E-state index in [0.29, 0.717) is 12.1 Å². The highest BCUT2D eigenvalue weighted by Gasteiger charge is 2.47. The number of carbonyl (C=O) groups is 1.